The Balaban J connectivity index is 1.66. The minimum atomic E-state index is -4.01. The summed E-state index contributed by atoms with van der Waals surface area (Å²) in [6, 6.07) is 17.6. The van der Waals surface area contributed by atoms with Crippen LogP contribution in [0.1, 0.15) is 24.8 Å². The van der Waals surface area contributed by atoms with Crippen molar-refractivity contribution in [3.8, 4) is 11.5 Å². The third kappa shape index (κ3) is 5.75. The van der Waals surface area contributed by atoms with Gasteiger partial charge >= 0.3 is 0 Å². The second-order valence-electron chi connectivity index (χ2n) is 8.01. The summed E-state index contributed by atoms with van der Waals surface area (Å²) < 4.78 is 47.5. The van der Waals surface area contributed by atoms with Gasteiger partial charge in [0.15, 0.2) is 0 Å². The molecule has 3 aromatic rings. The van der Waals surface area contributed by atoms with Crippen molar-refractivity contribution in [2.45, 2.75) is 36.7 Å². The number of rotatable bonds is 7. The molecule has 1 unspecified atom stereocenters. The lowest BCUT2D eigenvalue weighted by atomic mass is 10.1. The lowest BCUT2D eigenvalue weighted by Crippen LogP contribution is -2.48. The topological polar surface area (TPSA) is 75.7 Å². The summed E-state index contributed by atoms with van der Waals surface area (Å²) >= 11 is 5.95. The van der Waals surface area contributed by atoms with Gasteiger partial charge in [0, 0.05) is 18.1 Å². The van der Waals surface area contributed by atoms with Crippen molar-refractivity contribution in [3.63, 3.8) is 0 Å². The number of ether oxygens (including phenoxy) is 1. The van der Waals surface area contributed by atoms with Crippen molar-refractivity contribution in [1.82, 2.24) is 9.62 Å². The average Bonchev–Trinajstić information content (AvgIpc) is 3.03. The zero-order chi connectivity index (χ0) is 24.1. The van der Waals surface area contributed by atoms with Crippen molar-refractivity contribution in [3.05, 3.63) is 89.2 Å². The van der Waals surface area contributed by atoms with Crippen molar-refractivity contribution < 1.29 is 22.3 Å². The van der Waals surface area contributed by atoms with Crippen LogP contribution in [-0.4, -0.2) is 31.2 Å². The molecule has 0 bridgehead atoms. The number of sulfonamides is 1. The second kappa shape index (κ2) is 10.5. The van der Waals surface area contributed by atoms with Crippen LogP contribution in [0.15, 0.2) is 77.7 Å². The van der Waals surface area contributed by atoms with Gasteiger partial charge in [-0.1, -0.05) is 23.7 Å². The first-order valence-corrected chi connectivity index (χ1v) is 12.7. The summed E-state index contributed by atoms with van der Waals surface area (Å²) in [4.78, 5) is 12.9. The molecule has 3 aromatic carbocycles. The molecule has 178 valence electrons. The number of carbonyl (C=O) groups is 1. The highest BCUT2D eigenvalue weighted by atomic mass is 35.5. The minimum absolute atomic E-state index is 0.0241. The van der Waals surface area contributed by atoms with Crippen LogP contribution >= 0.6 is 11.6 Å². The lowest BCUT2D eigenvalue weighted by Gasteiger charge is -2.29. The Morgan fingerprint density at radius 1 is 1.00 bits per heavy atom. The smallest absolute Gasteiger partial charge is 0.244 e. The number of carbonyl (C=O) groups excluding carboxylic acids is 1. The van der Waals surface area contributed by atoms with Crippen LogP contribution in [0.4, 0.5) is 4.39 Å². The van der Waals surface area contributed by atoms with E-state index in [1.54, 1.807) is 24.3 Å². The summed E-state index contributed by atoms with van der Waals surface area (Å²) in [6.07, 6.45) is 1.94. The molecule has 9 heteroatoms. The second-order valence-corrected chi connectivity index (χ2v) is 10.3. The van der Waals surface area contributed by atoms with Crippen LogP contribution < -0.4 is 10.1 Å². The van der Waals surface area contributed by atoms with Gasteiger partial charge in [0.25, 0.3) is 0 Å². The summed E-state index contributed by atoms with van der Waals surface area (Å²) in [7, 11) is -4.01. The molecule has 0 spiro atoms. The number of halogens is 2. The van der Waals surface area contributed by atoms with E-state index < -0.39 is 16.1 Å². The SMILES string of the molecule is O=C1NCCCCC1N(Cc1cccc(Oc2ccc(F)cc2)c1)S(=O)(=O)c1ccc(Cl)cc1. The van der Waals surface area contributed by atoms with Crippen LogP contribution in [-0.2, 0) is 21.4 Å². The normalized spacial score (nSPS) is 16.7. The van der Waals surface area contributed by atoms with Crippen molar-refractivity contribution in [1.29, 1.82) is 0 Å². The molecule has 1 amide bonds. The van der Waals surface area contributed by atoms with Crippen LogP contribution in [0.5, 0.6) is 11.5 Å². The maximum absolute atomic E-state index is 13.6. The van der Waals surface area contributed by atoms with Gasteiger partial charge in [0.2, 0.25) is 15.9 Å². The molecule has 0 aromatic heterocycles. The quantitative estimate of drug-likeness (QED) is 0.486. The molecule has 1 aliphatic heterocycles. The van der Waals surface area contributed by atoms with Crippen molar-refractivity contribution in [2.24, 2.45) is 0 Å². The molecule has 0 radical (unpaired) electrons. The summed E-state index contributed by atoms with van der Waals surface area (Å²) in [6.45, 7) is 0.495. The highest BCUT2D eigenvalue weighted by molar-refractivity contribution is 7.89. The van der Waals surface area contributed by atoms with Crippen LogP contribution in [0.25, 0.3) is 0 Å². The van der Waals surface area contributed by atoms with Gasteiger partial charge in [-0.05, 0) is 85.5 Å². The Morgan fingerprint density at radius 2 is 1.74 bits per heavy atom. The van der Waals surface area contributed by atoms with Gasteiger partial charge in [-0.25, -0.2) is 12.8 Å². The summed E-state index contributed by atoms with van der Waals surface area (Å²) in [5.41, 5.74) is 0.647. The number of hydrogen-bond acceptors (Lipinski definition) is 4. The lowest BCUT2D eigenvalue weighted by molar-refractivity contribution is -0.124. The van der Waals surface area contributed by atoms with E-state index in [1.165, 1.54) is 52.8 Å². The van der Waals surface area contributed by atoms with Gasteiger partial charge in [0.1, 0.15) is 23.4 Å². The van der Waals surface area contributed by atoms with Gasteiger partial charge in [-0.3, -0.25) is 4.79 Å². The van der Waals surface area contributed by atoms with Gasteiger partial charge in [-0.15, -0.1) is 0 Å². The highest BCUT2D eigenvalue weighted by Gasteiger charge is 2.36. The Labute approximate surface area is 203 Å². The molecule has 0 aliphatic carbocycles. The van der Waals surface area contributed by atoms with Gasteiger partial charge < -0.3 is 10.1 Å². The zero-order valence-corrected chi connectivity index (χ0v) is 19.9. The maximum Gasteiger partial charge on any atom is 0.244 e. The fourth-order valence-corrected chi connectivity index (χ4v) is 5.56. The summed E-state index contributed by atoms with van der Waals surface area (Å²) in [5.74, 6) is 0.241. The van der Waals surface area contributed by atoms with E-state index in [0.29, 0.717) is 35.1 Å². The van der Waals surface area contributed by atoms with Crippen LogP contribution in [0, 0.1) is 5.82 Å². The predicted octanol–water partition coefficient (Wildman–Crippen LogP) is 5.13. The Kier molecular flexibility index (Phi) is 7.50. The molecule has 6 nitrogen and oxygen atoms in total. The monoisotopic (exact) mass is 502 g/mol. The Morgan fingerprint density at radius 3 is 2.47 bits per heavy atom. The van der Waals surface area contributed by atoms with Gasteiger partial charge in [-0.2, -0.15) is 4.31 Å². The third-order valence-corrected chi connectivity index (χ3v) is 7.68. The Bertz CT molecular complexity index is 1250. The molecule has 0 saturated carbocycles. The number of amides is 1. The molecule has 34 heavy (non-hydrogen) atoms. The standard InChI is InChI=1S/C25H24ClFN2O4S/c26-19-7-13-23(14-8-19)34(31,32)29(24-6-1-2-15-28-25(24)30)17-18-4-3-5-22(16-18)33-21-11-9-20(27)10-12-21/h3-5,7-14,16,24H,1-2,6,15,17H2,(H,28,30). The zero-order valence-electron chi connectivity index (χ0n) is 18.3. The van der Waals surface area contributed by atoms with Crippen LogP contribution in [0.3, 0.4) is 0 Å². The first kappa shape index (κ1) is 24.2. The van der Waals surface area contributed by atoms with E-state index >= 15 is 0 Å². The molecular formula is C25H24ClFN2O4S. The molecule has 1 fully saturated rings. The predicted molar refractivity (Wildman–Crippen MR) is 128 cm³/mol. The van der Waals surface area contributed by atoms with Crippen molar-refractivity contribution >= 4 is 27.5 Å². The molecule has 1 atom stereocenters. The molecule has 4 rings (SSSR count). The number of hydrogen-bond donors (Lipinski definition) is 1. The maximum atomic E-state index is 13.6. The largest absolute Gasteiger partial charge is 0.457 e. The van der Waals surface area contributed by atoms with E-state index in [0.717, 1.165) is 12.8 Å². The van der Waals surface area contributed by atoms with Crippen molar-refractivity contribution in [2.75, 3.05) is 6.54 Å². The number of benzene rings is 3. The molecule has 1 heterocycles. The first-order chi connectivity index (χ1) is 16.3. The Hall–Kier alpha value is -2.94. The fraction of sp³-hybridized carbons (Fsp3) is 0.240. The van der Waals surface area contributed by atoms with E-state index in [-0.39, 0.29) is 23.2 Å². The molecule has 1 N–H and O–H groups in total. The highest BCUT2D eigenvalue weighted by Crippen LogP contribution is 2.28. The van der Waals surface area contributed by atoms with E-state index in [9.17, 15) is 17.6 Å². The molecule has 1 saturated heterocycles. The first-order valence-electron chi connectivity index (χ1n) is 10.9. The third-order valence-electron chi connectivity index (χ3n) is 5.56. The minimum Gasteiger partial charge on any atom is -0.457 e. The van der Waals surface area contributed by atoms with E-state index in [4.69, 9.17) is 16.3 Å². The fourth-order valence-electron chi connectivity index (χ4n) is 3.83. The van der Waals surface area contributed by atoms with E-state index in [2.05, 4.69) is 5.32 Å². The molecule has 1 aliphatic rings. The number of nitrogens with one attached hydrogen (secondary N) is 1. The summed E-state index contributed by atoms with van der Waals surface area (Å²) in [5, 5.41) is 3.24. The molecular weight excluding hydrogens is 479 g/mol. The van der Waals surface area contributed by atoms with Gasteiger partial charge in [0.05, 0.1) is 4.90 Å². The van der Waals surface area contributed by atoms with E-state index in [1.807, 2.05) is 0 Å². The number of nitrogens with zero attached hydrogens (tertiary/aromatic N) is 1. The average molecular weight is 503 g/mol. The van der Waals surface area contributed by atoms with Crippen LogP contribution in [0.2, 0.25) is 5.02 Å².